The van der Waals surface area contributed by atoms with E-state index in [1.54, 1.807) is 0 Å². The van der Waals surface area contributed by atoms with Crippen molar-refractivity contribution in [1.29, 1.82) is 0 Å². The maximum atomic E-state index is 12.6. The number of benzene rings is 1. The zero-order valence-corrected chi connectivity index (χ0v) is 15.3. The van der Waals surface area contributed by atoms with Gasteiger partial charge in [-0.15, -0.1) is 11.3 Å². The summed E-state index contributed by atoms with van der Waals surface area (Å²) in [4.78, 5) is 41.0. The van der Waals surface area contributed by atoms with Crippen molar-refractivity contribution in [2.75, 3.05) is 5.32 Å². The summed E-state index contributed by atoms with van der Waals surface area (Å²) in [5.41, 5.74) is 0.445. The standard InChI is InChI=1S/C16H13ClN4O4S/c1-8-9(2)26-15-14(8)16(23)20(7-18-15)6-13(22)19-12-5-10(21(24)25)3-4-11(12)17/h3-5,7H,6H2,1-2H3,(H,19,22). The Morgan fingerprint density at radius 3 is 2.85 bits per heavy atom. The van der Waals surface area contributed by atoms with Gasteiger partial charge in [0.2, 0.25) is 5.91 Å². The number of rotatable bonds is 4. The second-order valence-corrected chi connectivity index (χ2v) is 7.22. The van der Waals surface area contributed by atoms with Gasteiger partial charge in [0.25, 0.3) is 11.2 Å². The Morgan fingerprint density at radius 1 is 1.42 bits per heavy atom. The number of carbonyl (C=O) groups excluding carboxylic acids is 1. The minimum absolute atomic E-state index is 0.107. The first-order valence-corrected chi connectivity index (χ1v) is 8.66. The topological polar surface area (TPSA) is 107 Å². The third-order valence-corrected chi connectivity index (χ3v) is 5.35. The number of halogens is 1. The SMILES string of the molecule is Cc1sc2ncn(CC(=O)Nc3cc([N+](=O)[O-])ccc3Cl)c(=O)c2c1C. The van der Waals surface area contributed by atoms with E-state index in [4.69, 9.17) is 11.6 Å². The molecule has 0 radical (unpaired) electrons. The molecule has 0 aliphatic heterocycles. The Hall–Kier alpha value is -2.78. The first-order chi connectivity index (χ1) is 12.3. The fraction of sp³-hybridized carbons (Fsp3) is 0.188. The molecule has 1 amide bonds. The fourth-order valence-corrected chi connectivity index (χ4v) is 3.60. The number of fused-ring (bicyclic) bond motifs is 1. The van der Waals surface area contributed by atoms with Crippen molar-refractivity contribution in [2.24, 2.45) is 0 Å². The van der Waals surface area contributed by atoms with Crippen LogP contribution < -0.4 is 10.9 Å². The molecule has 134 valence electrons. The van der Waals surface area contributed by atoms with Crippen LogP contribution in [0.2, 0.25) is 5.02 Å². The summed E-state index contributed by atoms with van der Waals surface area (Å²) in [6.07, 6.45) is 1.31. The van der Waals surface area contributed by atoms with Gasteiger partial charge >= 0.3 is 0 Å². The molecule has 1 aromatic carbocycles. The predicted molar refractivity (Wildman–Crippen MR) is 100 cm³/mol. The molecule has 0 spiro atoms. The number of nitro groups is 1. The Bertz CT molecular complexity index is 1110. The van der Waals surface area contributed by atoms with Gasteiger partial charge in [0.05, 0.1) is 27.3 Å². The molecule has 3 rings (SSSR count). The third kappa shape index (κ3) is 3.31. The van der Waals surface area contributed by atoms with E-state index in [-0.39, 0.29) is 28.5 Å². The highest BCUT2D eigenvalue weighted by molar-refractivity contribution is 7.18. The normalized spacial score (nSPS) is 10.9. The number of hydrogen-bond donors (Lipinski definition) is 1. The van der Waals surface area contributed by atoms with Gasteiger partial charge in [-0.3, -0.25) is 24.3 Å². The van der Waals surface area contributed by atoms with Crippen molar-refractivity contribution in [3.63, 3.8) is 0 Å². The third-order valence-electron chi connectivity index (χ3n) is 3.90. The molecule has 1 N–H and O–H groups in total. The minimum atomic E-state index is -0.587. The maximum Gasteiger partial charge on any atom is 0.271 e. The smallest absolute Gasteiger partial charge is 0.271 e. The molecule has 0 saturated heterocycles. The first-order valence-electron chi connectivity index (χ1n) is 7.47. The summed E-state index contributed by atoms with van der Waals surface area (Å²) in [6, 6.07) is 3.73. The number of aromatic nitrogens is 2. The van der Waals surface area contributed by atoms with Crippen molar-refractivity contribution < 1.29 is 9.72 Å². The number of aryl methyl sites for hydroxylation is 2. The van der Waals surface area contributed by atoms with E-state index in [1.165, 1.54) is 34.4 Å². The largest absolute Gasteiger partial charge is 0.323 e. The van der Waals surface area contributed by atoms with E-state index in [1.807, 2.05) is 13.8 Å². The van der Waals surface area contributed by atoms with Gasteiger partial charge in [-0.1, -0.05) is 11.6 Å². The van der Waals surface area contributed by atoms with E-state index < -0.39 is 10.8 Å². The van der Waals surface area contributed by atoms with E-state index in [2.05, 4.69) is 10.3 Å². The van der Waals surface area contributed by atoms with Gasteiger partial charge in [-0.25, -0.2) is 4.98 Å². The van der Waals surface area contributed by atoms with Crippen LogP contribution >= 0.6 is 22.9 Å². The second kappa shape index (κ2) is 6.85. The molecule has 26 heavy (non-hydrogen) atoms. The molecule has 8 nitrogen and oxygen atoms in total. The van der Waals surface area contributed by atoms with E-state index in [9.17, 15) is 19.7 Å². The summed E-state index contributed by atoms with van der Waals surface area (Å²) < 4.78 is 1.20. The van der Waals surface area contributed by atoms with E-state index >= 15 is 0 Å². The van der Waals surface area contributed by atoms with Crippen LogP contribution in [0.4, 0.5) is 11.4 Å². The van der Waals surface area contributed by atoms with Crippen LogP contribution in [0.25, 0.3) is 10.2 Å². The number of hydrogen-bond acceptors (Lipinski definition) is 6. The molecule has 0 bridgehead atoms. The Labute approximate surface area is 156 Å². The van der Waals surface area contributed by atoms with Crippen LogP contribution in [0.5, 0.6) is 0 Å². The lowest BCUT2D eigenvalue weighted by atomic mass is 10.2. The highest BCUT2D eigenvalue weighted by Crippen LogP contribution is 2.27. The lowest BCUT2D eigenvalue weighted by Crippen LogP contribution is -2.28. The van der Waals surface area contributed by atoms with Gasteiger partial charge < -0.3 is 5.32 Å². The Balaban J connectivity index is 1.87. The zero-order chi connectivity index (χ0) is 19.0. The molecule has 10 heteroatoms. The quantitative estimate of drug-likeness (QED) is 0.541. The predicted octanol–water partition coefficient (Wildman–Crippen LogP) is 3.28. The van der Waals surface area contributed by atoms with Crippen LogP contribution in [-0.4, -0.2) is 20.4 Å². The van der Waals surface area contributed by atoms with Crippen molar-refractivity contribution >= 4 is 50.4 Å². The van der Waals surface area contributed by atoms with Crippen LogP contribution in [0.1, 0.15) is 10.4 Å². The summed E-state index contributed by atoms with van der Waals surface area (Å²) in [6.45, 7) is 3.46. The van der Waals surface area contributed by atoms with E-state index in [0.29, 0.717) is 10.2 Å². The number of nitro benzene ring substituents is 1. The Kier molecular flexibility index (Phi) is 4.75. The van der Waals surface area contributed by atoms with Crippen LogP contribution in [0.3, 0.4) is 0 Å². The molecule has 3 aromatic rings. The highest BCUT2D eigenvalue weighted by Gasteiger charge is 2.15. The molecule has 0 fully saturated rings. The summed E-state index contributed by atoms with van der Waals surface area (Å²) in [5, 5.41) is 14.0. The molecule has 2 heterocycles. The lowest BCUT2D eigenvalue weighted by Gasteiger charge is -2.08. The first kappa shape index (κ1) is 18.0. The number of amides is 1. The molecule has 0 unspecified atom stereocenters. The highest BCUT2D eigenvalue weighted by atomic mass is 35.5. The zero-order valence-electron chi connectivity index (χ0n) is 13.8. The molecule has 0 saturated carbocycles. The average Bonchev–Trinajstić information content (AvgIpc) is 2.87. The van der Waals surface area contributed by atoms with Crippen molar-refractivity contribution in [3.05, 3.63) is 60.5 Å². The number of anilines is 1. The van der Waals surface area contributed by atoms with Gasteiger partial charge in [-0.05, 0) is 25.5 Å². The van der Waals surface area contributed by atoms with Crippen molar-refractivity contribution in [3.8, 4) is 0 Å². The summed E-state index contributed by atoms with van der Waals surface area (Å²) in [7, 11) is 0. The molecule has 0 aliphatic rings. The maximum absolute atomic E-state index is 12.6. The van der Waals surface area contributed by atoms with Gasteiger partial charge in [-0.2, -0.15) is 0 Å². The van der Waals surface area contributed by atoms with Crippen LogP contribution in [0, 0.1) is 24.0 Å². The number of thiophene rings is 1. The van der Waals surface area contributed by atoms with E-state index in [0.717, 1.165) is 16.5 Å². The van der Waals surface area contributed by atoms with Gasteiger partial charge in [0.1, 0.15) is 11.4 Å². The minimum Gasteiger partial charge on any atom is -0.323 e. The number of carbonyl (C=O) groups is 1. The Morgan fingerprint density at radius 2 is 2.15 bits per heavy atom. The van der Waals surface area contributed by atoms with Gasteiger partial charge in [0.15, 0.2) is 0 Å². The molecular weight excluding hydrogens is 380 g/mol. The fourth-order valence-electron chi connectivity index (χ4n) is 2.45. The van der Waals surface area contributed by atoms with Crippen molar-refractivity contribution in [1.82, 2.24) is 9.55 Å². The number of nitrogens with one attached hydrogen (secondary N) is 1. The van der Waals surface area contributed by atoms with Gasteiger partial charge in [0, 0.05) is 17.0 Å². The van der Waals surface area contributed by atoms with Crippen molar-refractivity contribution in [2.45, 2.75) is 20.4 Å². The number of non-ortho nitro benzene ring substituents is 1. The molecule has 0 atom stereocenters. The van der Waals surface area contributed by atoms with Crippen LogP contribution in [0.15, 0.2) is 29.3 Å². The number of nitrogens with zero attached hydrogens (tertiary/aromatic N) is 3. The molecule has 2 aromatic heterocycles. The summed E-state index contributed by atoms with van der Waals surface area (Å²) in [5.74, 6) is -0.541. The molecular formula is C16H13ClN4O4S. The average molecular weight is 393 g/mol. The summed E-state index contributed by atoms with van der Waals surface area (Å²) >= 11 is 7.39. The monoisotopic (exact) mass is 392 g/mol. The van der Waals surface area contributed by atoms with Crippen LogP contribution in [-0.2, 0) is 11.3 Å². The lowest BCUT2D eigenvalue weighted by molar-refractivity contribution is -0.384. The molecule has 0 aliphatic carbocycles. The second-order valence-electron chi connectivity index (χ2n) is 5.61.